The second-order valence-corrected chi connectivity index (χ2v) is 6.35. The van der Waals surface area contributed by atoms with E-state index < -0.39 is 0 Å². The quantitative estimate of drug-likeness (QED) is 0.816. The van der Waals surface area contributed by atoms with Gasteiger partial charge in [0, 0.05) is 16.6 Å². The number of aromatic nitrogens is 1. The molecule has 0 aromatic carbocycles. The highest BCUT2D eigenvalue weighted by Gasteiger charge is 2.26. The Morgan fingerprint density at radius 1 is 1.62 bits per heavy atom. The molecule has 1 heterocycles. The van der Waals surface area contributed by atoms with Crippen molar-refractivity contribution < 1.29 is 4.79 Å². The lowest BCUT2D eigenvalue weighted by molar-refractivity contribution is -0.121. The maximum Gasteiger partial charge on any atom is 0.225 e. The Kier molecular flexibility index (Phi) is 3.44. The van der Waals surface area contributed by atoms with Gasteiger partial charge in [-0.15, -0.1) is 11.3 Å². The zero-order valence-electron chi connectivity index (χ0n) is 9.50. The largest absolute Gasteiger partial charge is 0.353 e. The van der Waals surface area contributed by atoms with Gasteiger partial charge in [-0.1, -0.05) is 6.92 Å². The van der Waals surface area contributed by atoms with Crippen LogP contribution in [0.25, 0.3) is 0 Å². The minimum absolute atomic E-state index is 0.116. The Balaban J connectivity index is 1.87. The molecule has 0 radical (unpaired) electrons. The lowest BCUT2D eigenvalue weighted by Gasteiger charge is -2.33. The van der Waals surface area contributed by atoms with E-state index in [9.17, 15) is 4.79 Å². The maximum atomic E-state index is 11.7. The van der Waals surface area contributed by atoms with Gasteiger partial charge in [0.1, 0.15) is 0 Å². The lowest BCUT2D eigenvalue weighted by Crippen LogP contribution is -2.43. The second-order valence-electron chi connectivity index (χ2n) is 4.58. The van der Waals surface area contributed by atoms with Crippen LogP contribution in [0.1, 0.15) is 30.3 Å². The van der Waals surface area contributed by atoms with Crippen molar-refractivity contribution in [2.24, 2.45) is 5.92 Å². The average molecular weight is 256 g/mol. The fourth-order valence-corrected chi connectivity index (χ4v) is 3.34. The first-order valence-corrected chi connectivity index (χ1v) is 6.75. The van der Waals surface area contributed by atoms with E-state index in [-0.39, 0.29) is 5.91 Å². The number of aromatic amines is 1. The van der Waals surface area contributed by atoms with Gasteiger partial charge in [0.05, 0.1) is 6.42 Å². The Morgan fingerprint density at radius 2 is 2.31 bits per heavy atom. The molecule has 0 unspecified atom stereocenters. The topological polar surface area (TPSA) is 44.9 Å². The third kappa shape index (κ3) is 2.71. The van der Waals surface area contributed by atoms with E-state index in [0.717, 1.165) is 33.3 Å². The van der Waals surface area contributed by atoms with E-state index in [1.54, 1.807) is 0 Å². The highest BCUT2D eigenvalue weighted by molar-refractivity contribution is 7.73. The first-order chi connectivity index (χ1) is 7.54. The highest BCUT2D eigenvalue weighted by atomic mass is 32.1. The van der Waals surface area contributed by atoms with Gasteiger partial charge in [0.25, 0.3) is 0 Å². The number of carbonyl (C=O) groups is 1. The molecule has 2 N–H and O–H groups in total. The van der Waals surface area contributed by atoms with Crippen LogP contribution >= 0.6 is 23.6 Å². The number of hydrogen-bond acceptors (Lipinski definition) is 3. The second kappa shape index (κ2) is 4.67. The van der Waals surface area contributed by atoms with Crippen molar-refractivity contribution in [1.82, 2.24) is 10.3 Å². The summed E-state index contributed by atoms with van der Waals surface area (Å²) in [6.07, 6.45) is 2.69. The Labute approximate surface area is 104 Å². The minimum Gasteiger partial charge on any atom is -0.353 e. The Hall–Kier alpha value is -0.680. The molecule has 1 aliphatic rings. The predicted molar refractivity (Wildman–Crippen MR) is 68.3 cm³/mol. The normalized spacial score (nSPS) is 23.9. The van der Waals surface area contributed by atoms with Crippen LogP contribution in [-0.4, -0.2) is 16.9 Å². The van der Waals surface area contributed by atoms with Gasteiger partial charge >= 0.3 is 0 Å². The van der Waals surface area contributed by atoms with Gasteiger partial charge in [-0.2, -0.15) is 0 Å². The van der Waals surface area contributed by atoms with E-state index in [1.807, 2.05) is 6.92 Å². The highest BCUT2D eigenvalue weighted by Crippen LogP contribution is 2.26. The molecule has 2 rings (SSSR count). The van der Waals surface area contributed by atoms with Gasteiger partial charge in [-0.3, -0.25) is 4.79 Å². The number of aryl methyl sites for hydroxylation is 1. The number of thiazole rings is 1. The third-order valence-electron chi connectivity index (χ3n) is 2.98. The van der Waals surface area contributed by atoms with Crippen molar-refractivity contribution in [1.29, 1.82) is 0 Å². The summed E-state index contributed by atoms with van der Waals surface area (Å²) in [4.78, 5) is 15.8. The fourth-order valence-electron chi connectivity index (χ4n) is 2.05. The van der Waals surface area contributed by atoms with Crippen LogP contribution in [0.15, 0.2) is 0 Å². The summed E-state index contributed by atoms with van der Waals surface area (Å²) in [6.45, 7) is 4.17. The van der Waals surface area contributed by atoms with E-state index in [4.69, 9.17) is 12.2 Å². The molecule has 5 heteroatoms. The third-order valence-corrected chi connectivity index (χ3v) is 4.32. The molecule has 16 heavy (non-hydrogen) atoms. The first-order valence-electron chi connectivity index (χ1n) is 5.52. The summed E-state index contributed by atoms with van der Waals surface area (Å²) in [6, 6.07) is 0.398. The summed E-state index contributed by atoms with van der Waals surface area (Å²) >= 11 is 6.54. The van der Waals surface area contributed by atoms with Crippen molar-refractivity contribution in [3.05, 3.63) is 14.5 Å². The van der Waals surface area contributed by atoms with Crippen LogP contribution in [0.5, 0.6) is 0 Å². The number of nitrogens with one attached hydrogen (secondary N) is 2. The first kappa shape index (κ1) is 11.8. The number of carbonyl (C=O) groups excluding carboxylic acids is 1. The summed E-state index contributed by atoms with van der Waals surface area (Å²) in [5.41, 5.74) is 1.02. The van der Waals surface area contributed by atoms with Crippen LogP contribution in [-0.2, 0) is 11.2 Å². The van der Waals surface area contributed by atoms with Gasteiger partial charge in [-0.05, 0) is 37.9 Å². The molecule has 0 atom stereocenters. The molecule has 0 aliphatic heterocycles. The van der Waals surface area contributed by atoms with Crippen LogP contribution in [0, 0.1) is 16.8 Å². The molecule has 1 aromatic heterocycles. The van der Waals surface area contributed by atoms with Gasteiger partial charge in [-0.25, -0.2) is 0 Å². The molecule has 88 valence electrons. The van der Waals surface area contributed by atoms with E-state index >= 15 is 0 Å². The van der Waals surface area contributed by atoms with Crippen molar-refractivity contribution in [2.75, 3.05) is 0 Å². The van der Waals surface area contributed by atoms with E-state index in [1.165, 1.54) is 11.3 Å². The van der Waals surface area contributed by atoms with Crippen molar-refractivity contribution >= 4 is 29.5 Å². The van der Waals surface area contributed by atoms with Gasteiger partial charge < -0.3 is 10.3 Å². The fraction of sp³-hybridized carbons (Fsp3) is 0.636. The summed E-state index contributed by atoms with van der Waals surface area (Å²) in [5, 5.41) is 3.05. The lowest BCUT2D eigenvalue weighted by atomic mass is 9.82. The van der Waals surface area contributed by atoms with Crippen LogP contribution in [0.2, 0.25) is 0 Å². The van der Waals surface area contributed by atoms with E-state index in [2.05, 4.69) is 17.2 Å². The monoisotopic (exact) mass is 256 g/mol. The SMILES string of the molecule is Cc1[nH]c(=S)sc1CC(=O)NC1CC(C)C1. The number of hydrogen-bond donors (Lipinski definition) is 2. The average Bonchev–Trinajstić information content (AvgIpc) is 2.42. The van der Waals surface area contributed by atoms with Crippen LogP contribution in [0.4, 0.5) is 0 Å². The molecular formula is C11H16N2OS2. The van der Waals surface area contributed by atoms with Crippen LogP contribution in [0.3, 0.4) is 0 Å². The molecular weight excluding hydrogens is 240 g/mol. The van der Waals surface area contributed by atoms with Crippen molar-refractivity contribution in [3.8, 4) is 0 Å². The van der Waals surface area contributed by atoms with Crippen molar-refractivity contribution in [2.45, 2.75) is 39.2 Å². The summed E-state index contributed by atoms with van der Waals surface area (Å²) < 4.78 is 0.748. The standard InChI is InChI=1S/C11H16N2OS2/c1-6-3-8(4-6)13-10(14)5-9-7(2)12-11(15)16-9/h6,8H,3-5H2,1-2H3,(H,12,15)(H,13,14). The number of amides is 1. The smallest absolute Gasteiger partial charge is 0.225 e. The number of rotatable bonds is 3. The molecule has 0 bridgehead atoms. The van der Waals surface area contributed by atoms with Gasteiger partial charge in [0.2, 0.25) is 5.91 Å². The molecule has 1 fully saturated rings. The zero-order chi connectivity index (χ0) is 11.7. The number of H-pyrrole nitrogens is 1. The minimum atomic E-state index is 0.116. The summed E-state index contributed by atoms with van der Waals surface area (Å²) in [7, 11) is 0. The Bertz CT molecular complexity index is 443. The molecule has 1 aliphatic carbocycles. The summed E-state index contributed by atoms with van der Waals surface area (Å²) in [5.74, 6) is 0.881. The molecule has 1 aromatic rings. The maximum absolute atomic E-state index is 11.7. The molecule has 0 saturated heterocycles. The predicted octanol–water partition coefficient (Wildman–Crippen LogP) is 2.57. The van der Waals surface area contributed by atoms with Gasteiger partial charge in [0.15, 0.2) is 3.95 Å². The van der Waals surface area contributed by atoms with Crippen LogP contribution < -0.4 is 5.32 Å². The molecule has 1 amide bonds. The molecule has 1 saturated carbocycles. The molecule has 0 spiro atoms. The van der Waals surface area contributed by atoms with E-state index in [0.29, 0.717) is 12.5 Å². The zero-order valence-corrected chi connectivity index (χ0v) is 11.1. The molecule has 3 nitrogen and oxygen atoms in total. The Morgan fingerprint density at radius 3 is 2.81 bits per heavy atom. The van der Waals surface area contributed by atoms with Crippen molar-refractivity contribution in [3.63, 3.8) is 0 Å².